The van der Waals surface area contributed by atoms with Gasteiger partial charge in [0.1, 0.15) is 0 Å². The van der Waals surface area contributed by atoms with Gasteiger partial charge in [0.05, 0.1) is 5.54 Å². The van der Waals surface area contributed by atoms with Crippen molar-refractivity contribution >= 4 is 0 Å². The Kier molecular flexibility index (Phi) is 4.33. The molecule has 0 amide bonds. The van der Waals surface area contributed by atoms with Crippen molar-refractivity contribution in [2.75, 3.05) is 6.54 Å². The van der Waals surface area contributed by atoms with Crippen LogP contribution >= 0.6 is 0 Å². The van der Waals surface area contributed by atoms with Crippen molar-refractivity contribution < 1.29 is 8.78 Å². The van der Waals surface area contributed by atoms with E-state index in [1.807, 2.05) is 25.1 Å². The molecule has 0 atom stereocenters. The number of hydrogen-bond donors (Lipinski definition) is 1. The van der Waals surface area contributed by atoms with Crippen LogP contribution in [0.15, 0.2) is 30.3 Å². The summed E-state index contributed by atoms with van der Waals surface area (Å²) in [6.45, 7) is 2.51. The van der Waals surface area contributed by atoms with Gasteiger partial charge in [0, 0.05) is 0 Å². The van der Waals surface area contributed by atoms with E-state index in [0.717, 1.165) is 12.8 Å². The van der Waals surface area contributed by atoms with E-state index in [0.29, 0.717) is 25.3 Å². The smallest absolute Gasteiger partial charge is 0.256 e. The maximum absolute atomic E-state index is 13.2. The molecule has 100 valence electrons. The van der Waals surface area contributed by atoms with Gasteiger partial charge in [-0.2, -0.15) is 0 Å². The maximum atomic E-state index is 13.2. The van der Waals surface area contributed by atoms with Crippen molar-refractivity contribution in [1.29, 1.82) is 0 Å². The first-order chi connectivity index (χ1) is 8.68. The molecule has 0 heterocycles. The second-order valence-corrected chi connectivity index (χ2v) is 5.17. The second-order valence-electron chi connectivity index (χ2n) is 5.17. The number of alkyl halides is 2. The predicted molar refractivity (Wildman–Crippen MR) is 70.1 cm³/mol. The highest BCUT2D eigenvalue weighted by molar-refractivity contribution is 5.20. The summed E-state index contributed by atoms with van der Waals surface area (Å²) >= 11 is 0. The molecule has 1 fully saturated rings. The lowest BCUT2D eigenvalue weighted by Crippen LogP contribution is -2.53. The van der Waals surface area contributed by atoms with Crippen molar-refractivity contribution in [2.24, 2.45) is 0 Å². The Morgan fingerprint density at radius 1 is 1.22 bits per heavy atom. The summed E-state index contributed by atoms with van der Waals surface area (Å²) in [4.78, 5) is 0. The van der Waals surface area contributed by atoms with Gasteiger partial charge in [-0.05, 0) is 43.7 Å². The van der Waals surface area contributed by atoms with Gasteiger partial charge in [0.15, 0.2) is 0 Å². The minimum atomic E-state index is -2.27. The molecule has 3 heteroatoms. The van der Waals surface area contributed by atoms with Crippen molar-refractivity contribution in [3.05, 3.63) is 35.9 Å². The van der Waals surface area contributed by atoms with Crippen LogP contribution in [0.2, 0.25) is 0 Å². The Bertz CT molecular complexity index is 356. The lowest BCUT2D eigenvalue weighted by molar-refractivity contribution is 0.00450. The predicted octanol–water partition coefficient (Wildman–Crippen LogP) is 3.96. The van der Waals surface area contributed by atoms with Crippen molar-refractivity contribution in [1.82, 2.24) is 5.32 Å². The number of rotatable bonds is 4. The highest BCUT2D eigenvalue weighted by Crippen LogP contribution is 2.40. The molecule has 0 aliphatic heterocycles. The number of benzene rings is 1. The van der Waals surface area contributed by atoms with E-state index in [4.69, 9.17) is 0 Å². The van der Waals surface area contributed by atoms with E-state index in [1.165, 1.54) is 5.56 Å². The summed E-state index contributed by atoms with van der Waals surface area (Å²) in [5, 5.41) is 3.02. The summed E-state index contributed by atoms with van der Waals surface area (Å²) in [6, 6.07) is 10.2. The van der Waals surface area contributed by atoms with E-state index in [-0.39, 0.29) is 0 Å². The van der Waals surface area contributed by atoms with E-state index in [1.54, 1.807) is 0 Å². The van der Waals surface area contributed by atoms with Crippen molar-refractivity contribution in [3.63, 3.8) is 0 Å². The SMILES string of the molecule is CCNC1(C(F)F)CCC(c2ccccc2)CC1. The maximum Gasteiger partial charge on any atom is 0.256 e. The van der Waals surface area contributed by atoms with Crippen LogP contribution in [-0.2, 0) is 0 Å². The molecular weight excluding hydrogens is 232 g/mol. The lowest BCUT2D eigenvalue weighted by atomic mass is 9.74. The summed E-state index contributed by atoms with van der Waals surface area (Å²) in [5.74, 6) is 0.441. The number of halogens is 2. The third-order valence-corrected chi connectivity index (χ3v) is 4.10. The largest absolute Gasteiger partial charge is 0.307 e. The Morgan fingerprint density at radius 3 is 2.33 bits per heavy atom. The molecule has 1 aliphatic carbocycles. The molecule has 2 rings (SSSR count). The van der Waals surface area contributed by atoms with Crippen LogP contribution in [-0.4, -0.2) is 18.5 Å². The average Bonchev–Trinajstić information content (AvgIpc) is 2.41. The van der Waals surface area contributed by atoms with Gasteiger partial charge in [-0.1, -0.05) is 37.3 Å². The summed E-state index contributed by atoms with van der Waals surface area (Å²) < 4.78 is 26.5. The van der Waals surface area contributed by atoms with E-state index >= 15 is 0 Å². The van der Waals surface area contributed by atoms with Crippen LogP contribution in [0.4, 0.5) is 8.78 Å². The van der Waals surface area contributed by atoms with Crippen LogP contribution in [0.5, 0.6) is 0 Å². The molecule has 0 saturated heterocycles. The van der Waals surface area contributed by atoms with Crippen LogP contribution in [0.3, 0.4) is 0 Å². The van der Waals surface area contributed by atoms with Gasteiger partial charge < -0.3 is 5.32 Å². The van der Waals surface area contributed by atoms with Gasteiger partial charge in [-0.3, -0.25) is 0 Å². The molecule has 18 heavy (non-hydrogen) atoms. The summed E-state index contributed by atoms with van der Waals surface area (Å²) in [5.41, 5.74) is 0.344. The zero-order chi connectivity index (χ0) is 13.0. The third-order valence-electron chi connectivity index (χ3n) is 4.10. The van der Waals surface area contributed by atoms with Crippen molar-refractivity contribution in [2.45, 2.75) is 50.5 Å². The molecule has 0 radical (unpaired) electrons. The van der Waals surface area contributed by atoms with Gasteiger partial charge in [-0.15, -0.1) is 0 Å². The van der Waals surface area contributed by atoms with Gasteiger partial charge >= 0.3 is 0 Å². The highest BCUT2D eigenvalue weighted by atomic mass is 19.3. The standard InChI is InChI=1S/C15H21F2N/c1-2-18-15(14(16)17)10-8-13(9-11-15)12-6-4-3-5-7-12/h3-7,13-14,18H,2,8-11H2,1H3. The first-order valence-electron chi connectivity index (χ1n) is 6.76. The minimum absolute atomic E-state index is 0.441. The normalized spacial score (nSPS) is 28.6. The third kappa shape index (κ3) is 2.72. The summed E-state index contributed by atoms with van der Waals surface area (Å²) in [6.07, 6.45) is 0.563. The van der Waals surface area contributed by atoms with Crippen LogP contribution in [0.25, 0.3) is 0 Å². The molecule has 1 aromatic rings. The molecule has 1 aliphatic rings. The molecule has 0 unspecified atom stereocenters. The van der Waals surface area contributed by atoms with Crippen LogP contribution < -0.4 is 5.32 Å². The molecule has 1 nitrogen and oxygen atoms in total. The molecular formula is C15H21F2N. The molecule has 0 spiro atoms. The number of nitrogens with one attached hydrogen (secondary N) is 1. The fourth-order valence-electron chi connectivity index (χ4n) is 3.02. The van der Waals surface area contributed by atoms with Gasteiger partial charge in [0.25, 0.3) is 6.43 Å². The first kappa shape index (κ1) is 13.5. The average molecular weight is 253 g/mol. The number of hydrogen-bond acceptors (Lipinski definition) is 1. The zero-order valence-corrected chi connectivity index (χ0v) is 10.8. The Labute approximate surface area is 108 Å². The Hall–Kier alpha value is -0.960. The molecule has 1 saturated carbocycles. The highest BCUT2D eigenvalue weighted by Gasteiger charge is 2.42. The molecule has 1 aromatic carbocycles. The first-order valence-corrected chi connectivity index (χ1v) is 6.76. The fraction of sp³-hybridized carbons (Fsp3) is 0.600. The minimum Gasteiger partial charge on any atom is -0.307 e. The summed E-state index contributed by atoms with van der Waals surface area (Å²) in [7, 11) is 0. The van der Waals surface area contributed by atoms with Gasteiger partial charge in [0.2, 0.25) is 0 Å². The van der Waals surface area contributed by atoms with Crippen LogP contribution in [0, 0.1) is 0 Å². The van der Waals surface area contributed by atoms with Crippen LogP contribution in [0.1, 0.15) is 44.1 Å². The topological polar surface area (TPSA) is 12.0 Å². The van der Waals surface area contributed by atoms with E-state index in [9.17, 15) is 8.78 Å². The van der Waals surface area contributed by atoms with E-state index < -0.39 is 12.0 Å². The van der Waals surface area contributed by atoms with E-state index in [2.05, 4.69) is 17.4 Å². The quantitative estimate of drug-likeness (QED) is 0.856. The molecule has 0 aromatic heterocycles. The van der Waals surface area contributed by atoms with Crippen molar-refractivity contribution in [3.8, 4) is 0 Å². The van der Waals surface area contributed by atoms with Gasteiger partial charge in [-0.25, -0.2) is 8.78 Å². The monoisotopic (exact) mass is 253 g/mol. The molecule has 0 bridgehead atoms. The molecule has 1 N–H and O–H groups in total. The Balaban J connectivity index is 2.02. The Morgan fingerprint density at radius 2 is 1.83 bits per heavy atom. The zero-order valence-electron chi connectivity index (χ0n) is 10.8. The second kappa shape index (κ2) is 5.79. The lowest BCUT2D eigenvalue weighted by Gasteiger charge is -2.40. The fourth-order valence-corrected chi connectivity index (χ4v) is 3.02.